The molecular weight excluding hydrogens is 302 g/mol. The van der Waals surface area contributed by atoms with Gasteiger partial charge in [-0.05, 0) is 35.9 Å². The van der Waals surface area contributed by atoms with Crippen LogP contribution in [0.4, 0.5) is 8.78 Å². The van der Waals surface area contributed by atoms with E-state index >= 15 is 0 Å². The Balaban J connectivity index is 2.07. The SMILES string of the molecule is N#CC(C(=O)/C=C/c1ccc(OC(F)F)cc1)c1ccccn1. The summed E-state index contributed by atoms with van der Waals surface area (Å²) < 4.78 is 28.3. The number of benzene rings is 1. The van der Waals surface area contributed by atoms with E-state index in [4.69, 9.17) is 5.26 Å². The van der Waals surface area contributed by atoms with Crippen LogP contribution in [0.25, 0.3) is 6.08 Å². The van der Waals surface area contributed by atoms with Crippen LogP contribution < -0.4 is 4.74 Å². The van der Waals surface area contributed by atoms with Crippen molar-refractivity contribution < 1.29 is 18.3 Å². The molecule has 2 rings (SSSR count). The molecule has 0 spiro atoms. The van der Waals surface area contributed by atoms with Gasteiger partial charge in [0, 0.05) is 6.20 Å². The molecule has 2 aromatic rings. The van der Waals surface area contributed by atoms with Crippen LogP contribution in [0.5, 0.6) is 5.75 Å². The first-order chi connectivity index (χ1) is 11.1. The van der Waals surface area contributed by atoms with Crippen molar-refractivity contribution in [3.63, 3.8) is 0 Å². The van der Waals surface area contributed by atoms with Crippen LogP contribution in [-0.2, 0) is 4.79 Å². The highest BCUT2D eigenvalue weighted by atomic mass is 19.3. The van der Waals surface area contributed by atoms with Gasteiger partial charge in [-0.3, -0.25) is 9.78 Å². The summed E-state index contributed by atoms with van der Waals surface area (Å²) >= 11 is 0. The normalized spacial score (nSPS) is 12.1. The highest BCUT2D eigenvalue weighted by Gasteiger charge is 2.18. The van der Waals surface area contributed by atoms with Gasteiger partial charge in [-0.15, -0.1) is 0 Å². The number of ketones is 1. The maximum absolute atomic E-state index is 12.1. The molecule has 1 aromatic carbocycles. The summed E-state index contributed by atoms with van der Waals surface area (Å²) in [7, 11) is 0. The number of alkyl halides is 2. The van der Waals surface area contributed by atoms with E-state index in [-0.39, 0.29) is 5.75 Å². The third-order valence-electron chi connectivity index (χ3n) is 2.94. The zero-order chi connectivity index (χ0) is 16.7. The number of hydrogen-bond donors (Lipinski definition) is 0. The van der Waals surface area contributed by atoms with E-state index in [1.54, 1.807) is 18.2 Å². The van der Waals surface area contributed by atoms with Crippen molar-refractivity contribution in [3.8, 4) is 11.8 Å². The lowest BCUT2D eigenvalue weighted by Crippen LogP contribution is -2.09. The van der Waals surface area contributed by atoms with Crippen LogP contribution >= 0.6 is 0 Å². The van der Waals surface area contributed by atoms with Crippen LogP contribution in [0.1, 0.15) is 17.2 Å². The van der Waals surface area contributed by atoms with Crippen LogP contribution in [0.3, 0.4) is 0 Å². The molecule has 6 heteroatoms. The molecule has 0 N–H and O–H groups in total. The first kappa shape index (κ1) is 16.3. The Morgan fingerprint density at radius 3 is 2.52 bits per heavy atom. The number of hydrogen-bond acceptors (Lipinski definition) is 4. The van der Waals surface area contributed by atoms with Crippen molar-refractivity contribution in [2.75, 3.05) is 0 Å². The molecule has 0 aliphatic heterocycles. The zero-order valence-corrected chi connectivity index (χ0v) is 11.9. The van der Waals surface area contributed by atoms with Crippen molar-refractivity contribution >= 4 is 11.9 Å². The fourth-order valence-electron chi connectivity index (χ4n) is 1.86. The Morgan fingerprint density at radius 2 is 1.96 bits per heavy atom. The van der Waals surface area contributed by atoms with Gasteiger partial charge in [-0.1, -0.05) is 24.3 Å². The van der Waals surface area contributed by atoms with Crippen molar-refractivity contribution in [1.82, 2.24) is 4.98 Å². The van der Waals surface area contributed by atoms with Gasteiger partial charge in [0.05, 0.1) is 11.8 Å². The lowest BCUT2D eigenvalue weighted by atomic mass is 10.00. The number of carbonyl (C=O) groups is 1. The first-order valence-corrected chi connectivity index (χ1v) is 6.67. The first-order valence-electron chi connectivity index (χ1n) is 6.67. The number of nitrogens with zero attached hydrogens (tertiary/aromatic N) is 2. The second-order valence-electron chi connectivity index (χ2n) is 4.50. The van der Waals surface area contributed by atoms with Gasteiger partial charge in [-0.2, -0.15) is 14.0 Å². The summed E-state index contributed by atoms with van der Waals surface area (Å²) in [4.78, 5) is 16.1. The summed E-state index contributed by atoms with van der Waals surface area (Å²) in [6.45, 7) is -2.88. The predicted molar refractivity (Wildman–Crippen MR) is 79.7 cm³/mol. The van der Waals surface area contributed by atoms with E-state index in [2.05, 4.69) is 9.72 Å². The lowest BCUT2D eigenvalue weighted by Gasteiger charge is -2.05. The maximum atomic E-state index is 12.1. The van der Waals surface area contributed by atoms with E-state index in [0.29, 0.717) is 11.3 Å². The highest BCUT2D eigenvalue weighted by molar-refractivity contribution is 6.00. The average Bonchev–Trinajstić information content (AvgIpc) is 2.55. The molecule has 0 aliphatic carbocycles. The molecule has 0 saturated heterocycles. The second kappa shape index (κ2) is 7.80. The third kappa shape index (κ3) is 4.71. The molecule has 1 aromatic heterocycles. The van der Waals surface area contributed by atoms with Gasteiger partial charge >= 0.3 is 6.61 Å². The van der Waals surface area contributed by atoms with Gasteiger partial charge in [0.25, 0.3) is 0 Å². The van der Waals surface area contributed by atoms with Gasteiger partial charge in [0.1, 0.15) is 5.75 Å². The molecule has 4 nitrogen and oxygen atoms in total. The van der Waals surface area contributed by atoms with Gasteiger partial charge in [0.15, 0.2) is 11.7 Å². The van der Waals surface area contributed by atoms with Crippen molar-refractivity contribution in [3.05, 3.63) is 66.0 Å². The quantitative estimate of drug-likeness (QED) is 0.765. The van der Waals surface area contributed by atoms with E-state index in [0.717, 1.165) is 0 Å². The largest absolute Gasteiger partial charge is 0.435 e. The number of rotatable bonds is 6. The van der Waals surface area contributed by atoms with Gasteiger partial charge < -0.3 is 4.74 Å². The minimum atomic E-state index is -2.88. The highest BCUT2D eigenvalue weighted by Crippen LogP contribution is 2.17. The Kier molecular flexibility index (Phi) is 5.53. The lowest BCUT2D eigenvalue weighted by molar-refractivity contribution is -0.114. The monoisotopic (exact) mass is 314 g/mol. The molecule has 1 atom stereocenters. The van der Waals surface area contributed by atoms with Crippen molar-refractivity contribution in [1.29, 1.82) is 5.26 Å². The molecule has 0 amide bonds. The fraction of sp³-hybridized carbons (Fsp3) is 0.118. The van der Waals surface area contributed by atoms with Crippen molar-refractivity contribution in [2.45, 2.75) is 12.5 Å². The summed E-state index contributed by atoms with van der Waals surface area (Å²) in [6, 6.07) is 12.7. The number of carbonyl (C=O) groups excluding carboxylic acids is 1. The molecule has 1 heterocycles. The van der Waals surface area contributed by atoms with Crippen LogP contribution in [-0.4, -0.2) is 17.4 Å². The van der Waals surface area contributed by atoms with E-state index < -0.39 is 18.3 Å². The second-order valence-corrected chi connectivity index (χ2v) is 4.50. The van der Waals surface area contributed by atoms with Gasteiger partial charge in [0.2, 0.25) is 0 Å². The standard InChI is InChI=1S/C17H12F2N2O2/c18-17(19)23-13-7-4-12(5-8-13)6-9-16(22)14(11-20)15-3-1-2-10-21-15/h1-10,14,17H/b9-6+. The number of halogens is 2. The van der Waals surface area contributed by atoms with Gasteiger partial charge in [-0.25, -0.2) is 0 Å². The Bertz CT molecular complexity index is 723. The van der Waals surface area contributed by atoms with Crippen molar-refractivity contribution in [2.24, 2.45) is 0 Å². The van der Waals surface area contributed by atoms with Crippen LogP contribution in [0.2, 0.25) is 0 Å². The Morgan fingerprint density at radius 1 is 1.22 bits per heavy atom. The molecule has 0 fully saturated rings. The van der Waals surface area contributed by atoms with E-state index in [1.807, 2.05) is 6.07 Å². The smallest absolute Gasteiger partial charge is 0.387 e. The minimum absolute atomic E-state index is 0.0341. The van der Waals surface area contributed by atoms with Crippen LogP contribution in [0.15, 0.2) is 54.7 Å². The predicted octanol–water partition coefficient (Wildman–Crippen LogP) is 3.57. The molecule has 0 radical (unpaired) electrons. The van der Waals surface area contributed by atoms with Crippen LogP contribution in [0, 0.1) is 11.3 Å². The molecule has 0 bridgehead atoms. The maximum Gasteiger partial charge on any atom is 0.387 e. The topological polar surface area (TPSA) is 63.0 Å². The number of ether oxygens (including phenoxy) is 1. The summed E-state index contributed by atoms with van der Waals surface area (Å²) in [5.41, 5.74) is 1.00. The molecule has 116 valence electrons. The number of allylic oxidation sites excluding steroid dienone is 1. The molecular formula is C17H12F2N2O2. The average molecular weight is 314 g/mol. The zero-order valence-electron chi connectivity index (χ0n) is 11.9. The molecule has 0 saturated carbocycles. The molecule has 23 heavy (non-hydrogen) atoms. The minimum Gasteiger partial charge on any atom is -0.435 e. The molecule has 1 unspecified atom stereocenters. The molecule has 0 aliphatic rings. The Hall–Kier alpha value is -3.07. The summed E-state index contributed by atoms with van der Waals surface area (Å²) in [5, 5.41) is 9.14. The summed E-state index contributed by atoms with van der Waals surface area (Å²) in [6.07, 6.45) is 4.28. The number of nitriles is 1. The summed E-state index contributed by atoms with van der Waals surface area (Å²) in [5.74, 6) is -1.35. The number of aromatic nitrogens is 1. The number of pyridine rings is 1. The Labute approximate surface area is 131 Å². The van der Waals surface area contributed by atoms with E-state index in [1.165, 1.54) is 42.6 Å². The fourth-order valence-corrected chi connectivity index (χ4v) is 1.86. The van der Waals surface area contributed by atoms with E-state index in [9.17, 15) is 13.6 Å². The third-order valence-corrected chi connectivity index (χ3v) is 2.94.